The summed E-state index contributed by atoms with van der Waals surface area (Å²) in [6.45, 7) is -0.296. The molecule has 0 heterocycles. The van der Waals surface area contributed by atoms with Crippen LogP contribution in [0.3, 0.4) is 0 Å². The Morgan fingerprint density at radius 2 is 1.66 bits per heavy atom. The fourth-order valence-corrected chi connectivity index (χ4v) is 2.87. The number of methoxy groups -OCH3 is 2. The minimum atomic E-state index is -0.813. The number of hydrogen-bond donors (Lipinski definition) is 2. The normalized spacial score (nSPS) is 10.5. The van der Waals surface area contributed by atoms with E-state index in [1.807, 2.05) is 0 Å². The third-order valence-electron chi connectivity index (χ3n) is 4.64. The van der Waals surface area contributed by atoms with Crippen molar-refractivity contribution in [3.63, 3.8) is 0 Å². The Balaban J connectivity index is 1.47. The van der Waals surface area contributed by atoms with Crippen LogP contribution in [0.4, 0.5) is 4.39 Å². The lowest BCUT2D eigenvalue weighted by atomic mass is 10.2. The van der Waals surface area contributed by atoms with Gasteiger partial charge in [0.25, 0.3) is 11.8 Å². The maximum Gasteiger partial charge on any atom is 0.346 e. The summed E-state index contributed by atoms with van der Waals surface area (Å²) in [5.74, 6) is -1.40. The maximum atomic E-state index is 13.7. The van der Waals surface area contributed by atoms with E-state index in [1.54, 1.807) is 24.3 Å². The summed E-state index contributed by atoms with van der Waals surface area (Å²) in [7, 11) is 2.94. The Morgan fingerprint density at radius 1 is 0.943 bits per heavy atom. The first-order chi connectivity index (χ1) is 16.9. The smallest absolute Gasteiger partial charge is 0.346 e. The highest BCUT2D eigenvalue weighted by atomic mass is 19.1. The second kappa shape index (κ2) is 11.9. The topological polar surface area (TPSA) is 115 Å². The molecule has 2 N–H and O–H groups in total. The summed E-state index contributed by atoms with van der Waals surface area (Å²) in [5.41, 5.74) is 3.03. The largest absolute Gasteiger partial charge is 0.493 e. The van der Waals surface area contributed by atoms with E-state index in [9.17, 15) is 18.8 Å². The number of hydrazone groups is 1. The van der Waals surface area contributed by atoms with E-state index in [1.165, 1.54) is 62.9 Å². The van der Waals surface area contributed by atoms with E-state index in [4.69, 9.17) is 14.2 Å². The van der Waals surface area contributed by atoms with Crippen molar-refractivity contribution in [3.8, 4) is 17.2 Å². The monoisotopic (exact) mass is 479 g/mol. The van der Waals surface area contributed by atoms with Gasteiger partial charge in [-0.3, -0.25) is 9.59 Å². The van der Waals surface area contributed by atoms with Crippen LogP contribution < -0.4 is 25.0 Å². The van der Waals surface area contributed by atoms with Crippen LogP contribution in [-0.4, -0.2) is 44.8 Å². The predicted molar refractivity (Wildman–Crippen MR) is 125 cm³/mol. The number of carbonyl (C=O) groups excluding carboxylic acids is 3. The second-order valence-electron chi connectivity index (χ2n) is 6.98. The lowest BCUT2D eigenvalue weighted by Gasteiger charge is -2.09. The van der Waals surface area contributed by atoms with Crippen molar-refractivity contribution in [2.75, 3.05) is 20.8 Å². The Labute approximate surface area is 200 Å². The van der Waals surface area contributed by atoms with Gasteiger partial charge in [-0.2, -0.15) is 5.10 Å². The number of esters is 1. The Hall–Kier alpha value is -4.73. The molecule has 0 aliphatic heterocycles. The van der Waals surface area contributed by atoms with Crippen molar-refractivity contribution in [3.05, 3.63) is 89.2 Å². The van der Waals surface area contributed by atoms with E-state index in [0.29, 0.717) is 22.6 Å². The Bertz CT molecular complexity index is 1240. The zero-order valence-electron chi connectivity index (χ0n) is 18.9. The third kappa shape index (κ3) is 6.87. The van der Waals surface area contributed by atoms with Gasteiger partial charge in [0.15, 0.2) is 11.5 Å². The number of nitrogens with one attached hydrogen (secondary N) is 2. The highest BCUT2D eigenvalue weighted by Crippen LogP contribution is 2.27. The number of halogens is 1. The van der Waals surface area contributed by atoms with Gasteiger partial charge in [0.05, 0.1) is 32.5 Å². The van der Waals surface area contributed by atoms with Crippen LogP contribution in [0.1, 0.15) is 26.3 Å². The molecule has 3 aromatic carbocycles. The highest BCUT2D eigenvalue weighted by molar-refractivity contribution is 5.97. The lowest BCUT2D eigenvalue weighted by Crippen LogP contribution is -2.34. The van der Waals surface area contributed by atoms with Crippen LogP contribution in [0, 0.1) is 5.82 Å². The number of benzene rings is 3. The molecule has 0 saturated heterocycles. The average Bonchev–Trinajstić information content (AvgIpc) is 2.88. The Kier molecular flexibility index (Phi) is 8.49. The molecule has 0 aromatic heterocycles. The number of ether oxygens (including phenoxy) is 3. The molecule has 180 valence electrons. The van der Waals surface area contributed by atoms with Crippen LogP contribution in [-0.2, 0) is 4.79 Å². The van der Waals surface area contributed by atoms with Crippen LogP contribution in [0.15, 0.2) is 71.8 Å². The van der Waals surface area contributed by atoms with Crippen molar-refractivity contribution in [1.29, 1.82) is 0 Å². The average molecular weight is 479 g/mol. The molecule has 9 nitrogen and oxygen atoms in total. The number of rotatable bonds is 9. The first-order valence-electron chi connectivity index (χ1n) is 10.3. The van der Waals surface area contributed by atoms with Gasteiger partial charge in [-0.25, -0.2) is 14.6 Å². The quantitative estimate of drug-likeness (QED) is 0.211. The van der Waals surface area contributed by atoms with Crippen LogP contribution in [0.25, 0.3) is 0 Å². The first kappa shape index (κ1) is 24.9. The Morgan fingerprint density at radius 3 is 2.34 bits per heavy atom. The fourth-order valence-electron chi connectivity index (χ4n) is 2.87. The second-order valence-corrected chi connectivity index (χ2v) is 6.98. The summed E-state index contributed by atoms with van der Waals surface area (Å²) in [6, 6.07) is 16.4. The molecule has 10 heteroatoms. The van der Waals surface area contributed by atoms with Gasteiger partial charge < -0.3 is 19.5 Å². The third-order valence-corrected chi connectivity index (χ3v) is 4.64. The minimum Gasteiger partial charge on any atom is -0.493 e. The van der Waals surface area contributed by atoms with Crippen LogP contribution in [0.5, 0.6) is 17.2 Å². The SMILES string of the molecule is COc1ccc(C(=O)NCC(=O)N/N=C\c2ccc(OC(=O)c3ccccc3F)cc2)cc1OC. The molecule has 0 atom stereocenters. The van der Waals surface area contributed by atoms with Gasteiger partial charge in [0.1, 0.15) is 11.6 Å². The van der Waals surface area contributed by atoms with Gasteiger partial charge >= 0.3 is 5.97 Å². The number of amides is 2. The molecule has 0 saturated carbocycles. The number of nitrogens with zero attached hydrogens (tertiary/aromatic N) is 1. The first-order valence-corrected chi connectivity index (χ1v) is 10.3. The van der Waals surface area contributed by atoms with E-state index in [2.05, 4.69) is 15.8 Å². The molecule has 35 heavy (non-hydrogen) atoms. The molecular weight excluding hydrogens is 457 g/mol. The van der Waals surface area contributed by atoms with Crippen LogP contribution in [0.2, 0.25) is 0 Å². The summed E-state index contributed by atoms with van der Waals surface area (Å²) in [4.78, 5) is 36.3. The van der Waals surface area contributed by atoms with Crippen molar-refractivity contribution < 1.29 is 33.0 Å². The highest BCUT2D eigenvalue weighted by Gasteiger charge is 2.13. The molecule has 0 radical (unpaired) electrons. The van der Waals surface area contributed by atoms with Gasteiger partial charge in [-0.15, -0.1) is 0 Å². The van der Waals surface area contributed by atoms with Crippen molar-refractivity contribution in [2.45, 2.75) is 0 Å². The van der Waals surface area contributed by atoms with Crippen molar-refractivity contribution in [1.82, 2.24) is 10.7 Å². The molecule has 3 rings (SSSR count). The van der Waals surface area contributed by atoms with E-state index >= 15 is 0 Å². The molecule has 0 unspecified atom stereocenters. The molecule has 0 spiro atoms. The minimum absolute atomic E-state index is 0.168. The zero-order chi connectivity index (χ0) is 25.2. The molecule has 2 amide bonds. The molecule has 0 aliphatic rings. The molecule has 3 aromatic rings. The number of hydrogen-bond acceptors (Lipinski definition) is 7. The van der Waals surface area contributed by atoms with Gasteiger partial charge in [-0.05, 0) is 60.2 Å². The molecule has 0 bridgehead atoms. The van der Waals surface area contributed by atoms with E-state index in [-0.39, 0.29) is 17.9 Å². The van der Waals surface area contributed by atoms with Gasteiger partial charge in [-0.1, -0.05) is 12.1 Å². The van der Waals surface area contributed by atoms with Gasteiger partial charge in [0, 0.05) is 5.56 Å². The van der Waals surface area contributed by atoms with Gasteiger partial charge in [0.2, 0.25) is 0 Å². The summed E-state index contributed by atoms with van der Waals surface area (Å²) in [6.07, 6.45) is 1.37. The zero-order valence-corrected chi connectivity index (χ0v) is 18.9. The van der Waals surface area contributed by atoms with Crippen molar-refractivity contribution >= 4 is 24.0 Å². The number of carbonyl (C=O) groups is 3. The van der Waals surface area contributed by atoms with E-state index < -0.39 is 23.6 Å². The molecule has 0 fully saturated rings. The maximum absolute atomic E-state index is 13.7. The summed E-state index contributed by atoms with van der Waals surface area (Å²) in [5, 5.41) is 6.31. The summed E-state index contributed by atoms with van der Waals surface area (Å²) < 4.78 is 29.1. The molecular formula is C25H22FN3O6. The van der Waals surface area contributed by atoms with Crippen molar-refractivity contribution in [2.24, 2.45) is 5.10 Å². The molecule has 0 aliphatic carbocycles. The summed E-state index contributed by atoms with van der Waals surface area (Å²) >= 11 is 0. The predicted octanol–water partition coefficient (Wildman–Crippen LogP) is 2.94. The lowest BCUT2D eigenvalue weighted by molar-refractivity contribution is -0.120. The van der Waals surface area contributed by atoms with Crippen LogP contribution >= 0.6 is 0 Å². The van der Waals surface area contributed by atoms with E-state index in [0.717, 1.165) is 0 Å². The fraction of sp³-hybridized carbons (Fsp3) is 0.120. The standard InChI is InChI=1S/C25H22FN3O6/c1-33-21-12-9-17(13-22(21)34-2)24(31)27-15-23(30)29-28-14-16-7-10-18(11-8-16)35-25(32)19-5-3-4-6-20(19)26/h3-14H,15H2,1-2H3,(H,27,31)(H,29,30)/b28-14-.